The van der Waals surface area contributed by atoms with Crippen LogP contribution in [0.3, 0.4) is 0 Å². The third-order valence-corrected chi connectivity index (χ3v) is 6.94. The zero-order valence-corrected chi connectivity index (χ0v) is 20.9. The molecule has 11 heteroatoms. The van der Waals surface area contributed by atoms with E-state index >= 15 is 0 Å². The van der Waals surface area contributed by atoms with Crippen LogP contribution in [0.15, 0.2) is 66.3 Å². The van der Waals surface area contributed by atoms with E-state index in [9.17, 15) is 9.90 Å². The fraction of sp³-hybridized carbons (Fsp3) is 0.360. The van der Waals surface area contributed by atoms with Crippen LogP contribution < -0.4 is 5.32 Å². The van der Waals surface area contributed by atoms with Gasteiger partial charge in [0.15, 0.2) is 6.29 Å². The fourth-order valence-electron chi connectivity index (χ4n) is 3.82. The van der Waals surface area contributed by atoms with Crippen LogP contribution in [0.1, 0.15) is 36.0 Å². The molecule has 10 nitrogen and oxygen atoms in total. The molecule has 0 spiro atoms. The summed E-state index contributed by atoms with van der Waals surface area (Å²) >= 11 is 1.53. The first-order chi connectivity index (χ1) is 17.5. The average molecular weight is 512 g/mol. The summed E-state index contributed by atoms with van der Waals surface area (Å²) in [6.07, 6.45) is -0.0479. The Balaban J connectivity index is 1.52. The van der Waals surface area contributed by atoms with E-state index in [0.29, 0.717) is 16.6 Å². The van der Waals surface area contributed by atoms with Gasteiger partial charge in [0, 0.05) is 30.0 Å². The van der Waals surface area contributed by atoms with E-state index in [1.165, 1.54) is 17.8 Å². The van der Waals surface area contributed by atoms with Crippen LogP contribution in [0.4, 0.5) is 10.5 Å². The minimum absolute atomic E-state index is 0.0143. The fourth-order valence-corrected chi connectivity index (χ4v) is 4.84. The summed E-state index contributed by atoms with van der Waals surface area (Å²) in [6, 6.07) is 15.0. The van der Waals surface area contributed by atoms with E-state index in [-0.39, 0.29) is 31.3 Å². The molecule has 1 amide bonds. The van der Waals surface area contributed by atoms with Crippen molar-refractivity contribution in [2.24, 2.45) is 13.0 Å². The number of hydrogen-bond acceptors (Lipinski definition) is 9. The van der Waals surface area contributed by atoms with Crippen molar-refractivity contribution in [1.29, 1.82) is 0 Å². The lowest BCUT2D eigenvalue weighted by molar-refractivity contribution is -0.268. The molecule has 1 fully saturated rings. The zero-order valence-electron chi connectivity index (χ0n) is 20.1. The summed E-state index contributed by atoms with van der Waals surface area (Å²) in [5.74, 6) is 0.672. The van der Waals surface area contributed by atoms with Gasteiger partial charge in [-0.3, -0.25) is 5.32 Å². The second kappa shape index (κ2) is 12.1. The number of aliphatic hydroxyl groups is 1. The Morgan fingerprint density at radius 1 is 1.19 bits per heavy atom. The maximum atomic E-state index is 11.8. The van der Waals surface area contributed by atoms with Gasteiger partial charge in [-0.15, -0.1) is 5.10 Å². The minimum atomic E-state index is -0.617. The minimum Gasteiger partial charge on any atom is -0.445 e. The van der Waals surface area contributed by atoms with E-state index in [0.717, 1.165) is 16.7 Å². The number of aromatic nitrogens is 4. The predicted octanol–water partition coefficient (Wildman–Crippen LogP) is 4.02. The number of ether oxygens (including phenoxy) is 3. The van der Waals surface area contributed by atoms with Gasteiger partial charge in [0.05, 0.1) is 18.8 Å². The highest BCUT2D eigenvalue weighted by molar-refractivity contribution is 7.99. The summed E-state index contributed by atoms with van der Waals surface area (Å²) in [4.78, 5) is 11.8. The number of nitrogens with one attached hydrogen (secondary N) is 1. The zero-order chi connectivity index (χ0) is 25.5. The molecule has 0 saturated carbocycles. The lowest BCUT2D eigenvalue weighted by Gasteiger charge is -2.41. The number of nitrogens with zero attached hydrogens (tertiary/aromatic N) is 4. The van der Waals surface area contributed by atoms with Crippen molar-refractivity contribution in [3.63, 3.8) is 0 Å². The molecule has 3 aromatic rings. The van der Waals surface area contributed by atoms with Gasteiger partial charge < -0.3 is 19.3 Å². The number of anilines is 1. The first-order valence-corrected chi connectivity index (χ1v) is 12.5. The van der Waals surface area contributed by atoms with Crippen molar-refractivity contribution in [3.05, 3.63) is 77.9 Å². The number of rotatable bonds is 9. The van der Waals surface area contributed by atoms with Crippen molar-refractivity contribution in [2.45, 2.75) is 37.2 Å². The van der Waals surface area contributed by atoms with Gasteiger partial charge in [-0.2, -0.15) is 0 Å². The van der Waals surface area contributed by atoms with Crippen molar-refractivity contribution in [2.75, 3.05) is 17.7 Å². The van der Waals surface area contributed by atoms with Crippen LogP contribution in [0, 0.1) is 5.92 Å². The lowest BCUT2D eigenvalue weighted by Crippen LogP contribution is -2.38. The quantitative estimate of drug-likeness (QED) is 0.324. The topological polar surface area (TPSA) is 121 Å². The molecule has 1 aliphatic rings. The van der Waals surface area contributed by atoms with Gasteiger partial charge in [-0.05, 0) is 33.7 Å². The maximum Gasteiger partial charge on any atom is 0.411 e. The Kier molecular flexibility index (Phi) is 8.70. The van der Waals surface area contributed by atoms with E-state index in [1.807, 2.05) is 36.4 Å². The van der Waals surface area contributed by atoms with Gasteiger partial charge in [0.1, 0.15) is 6.61 Å². The largest absolute Gasteiger partial charge is 0.445 e. The van der Waals surface area contributed by atoms with Crippen LogP contribution >= 0.6 is 11.8 Å². The summed E-state index contributed by atoms with van der Waals surface area (Å²) in [5, 5.41) is 24.4. The summed E-state index contributed by atoms with van der Waals surface area (Å²) in [7, 11) is 1.80. The third-order valence-electron chi connectivity index (χ3n) is 5.84. The number of hydrogen-bond donors (Lipinski definition) is 2. The molecule has 2 N–H and O–H groups in total. The second-order valence-corrected chi connectivity index (χ2v) is 9.34. The van der Waals surface area contributed by atoms with E-state index in [2.05, 4.69) is 34.3 Å². The number of amides is 1. The van der Waals surface area contributed by atoms with E-state index in [4.69, 9.17) is 14.2 Å². The molecule has 36 heavy (non-hydrogen) atoms. The van der Waals surface area contributed by atoms with Crippen molar-refractivity contribution in [1.82, 2.24) is 20.2 Å². The number of tetrazole rings is 1. The van der Waals surface area contributed by atoms with Crippen LogP contribution in [0.25, 0.3) is 0 Å². The Morgan fingerprint density at radius 2 is 1.92 bits per heavy atom. The standard InChI is InChI=1S/C25H29N5O5S/c1-4-13-33-25(32)26-20-11-9-19(10-12-20)23-34-21(15-36-24-27-28-29-30(24)3)16(2)22(35-23)18-7-5-17(14-31)6-8-18/h4-12,16,21-23,31H,1,13-15H2,2-3H3,(H,26,32)/t16-,21+,22+,23+/m1/s1. The van der Waals surface area contributed by atoms with Gasteiger partial charge >= 0.3 is 6.09 Å². The predicted molar refractivity (Wildman–Crippen MR) is 134 cm³/mol. The lowest BCUT2D eigenvalue weighted by atomic mass is 9.91. The van der Waals surface area contributed by atoms with Crippen LogP contribution in [0.2, 0.25) is 0 Å². The van der Waals surface area contributed by atoms with E-state index in [1.54, 1.807) is 23.9 Å². The monoisotopic (exact) mass is 511 g/mol. The molecule has 0 aliphatic carbocycles. The number of carbonyl (C=O) groups excluding carboxylic acids is 1. The third kappa shape index (κ3) is 6.30. The molecule has 0 unspecified atom stereocenters. The van der Waals surface area contributed by atoms with Gasteiger partial charge in [-0.25, -0.2) is 9.48 Å². The summed E-state index contributed by atoms with van der Waals surface area (Å²) in [5.41, 5.74) is 3.26. The van der Waals surface area contributed by atoms with Crippen molar-refractivity contribution < 1.29 is 24.1 Å². The first kappa shape index (κ1) is 25.8. The molecule has 2 heterocycles. The Bertz CT molecular complexity index is 1150. The molecular formula is C25H29N5O5S. The number of benzene rings is 2. The maximum absolute atomic E-state index is 11.8. The summed E-state index contributed by atoms with van der Waals surface area (Å²) in [6.45, 7) is 5.75. The molecule has 4 rings (SSSR count). The molecule has 0 bridgehead atoms. The molecular weight excluding hydrogens is 482 g/mol. The molecule has 1 aliphatic heterocycles. The molecule has 190 valence electrons. The smallest absolute Gasteiger partial charge is 0.411 e. The molecule has 1 saturated heterocycles. The first-order valence-electron chi connectivity index (χ1n) is 11.5. The highest BCUT2D eigenvalue weighted by atomic mass is 32.2. The van der Waals surface area contributed by atoms with Gasteiger partial charge in [-0.1, -0.05) is 67.7 Å². The Hall–Kier alpha value is -3.25. The molecule has 4 atom stereocenters. The normalized spacial score (nSPS) is 21.6. The molecule has 1 aromatic heterocycles. The number of aliphatic hydroxyl groups excluding tert-OH is 1. The van der Waals surface area contributed by atoms with Crippen molar-refractivity contribution in [3.8, 4) is 0 Å². The van der Waals surface area contributed by atoms with E-state index < -0.39 is 12.4 Å². The van der Waals surface area contributed by atoms with Gasteiger partial charge in [0.25, 0.3) is 0 Å². The Labute approximate surface area is 213 Å². The number of carbonyl (C=O) groups is 1. The average Bonchev–Trinajstić information content (AvgIpc) is 3.32. The number of thioether (sulfide) groups is 1. The highest BCUT2D eigenvalue weighted by Crippen LogP contribution is 2.43. The van der Waals surface area contributed by atoms with Crippen LogP contribution in [-0.2, 0) is 27.9 Å². The van der Waals surface area contributed by atoms with Crippen LogP contribution in [-0.4, -0.2) is 49.9 Å². The Morgan fingerprint density at radius 3 is 2.56 bits per heavy atom. The number of aryl methyl sites for hydroxylation is 1. The molecule has 2 aromatic carbocycles. The SMILES string of the molecule is C=CCOC(=O)Nc1ccc([C@H]2O[C@@H](CSc3nnnn3C)[C@@H](C)[C@@H](c3ccc(CO)cc3)O2)cc1. The van der Waals surface area contributed by atoms with Crippen LogP contribution in [0.5, 0.6) is 0 Å². The second-order valence-electron chi connectivity index (χ2n) is 8.35. The highest BCUT2D eigenvalue weighted by Gasteiger charge is 2.38. The van der Waals surface area contributed by atoms with Crippen molar-refractivity contribution >= 4 is 23.5 Å². The summed E-state index contributed by atoms with van der Waals surface area (Å²) < 4.78 is 19.4. The molecule has 0 radical (unpaired) electrons. The van der Waals surface area contributed by atoms with Gasteiger partial charge in [0.2, 0.25) is 5.16 Å².